The molecule has 1 fully saturated rings. The molecular formula is C17H19N5O4. The number of hydrogen-bond acceptors (Lipinski definition) is 5. The molecule has 0 unspecified atom stereocenters. The van der Waals surface area contributed by atoms with Crippen molar-refractivity contribution in [3.8, 4) is 5.75 Å². The Kier molecular flexibility index (Phi) is 5.11. The predicted octanol–water partition coefficient (Wildman–Crippen LogP) is 2.20. The quantitative estimate of drug-likeness (QED) is 0.500. The van der Waals surface area contributed by atoms with Gasteiger partial charge < -0.3 is 9.47 Å². The molecule has 1 N–H and O–H groups in total. The third kappa shape index (κ3) is 3.63. The van der Waals surface area contributed by atoms with Crippen LogP contribution in [0.25, 0.3) is 10.4 Å². The molecule has 1 saturated heterocycles. The Labute approximate surface area is 148 Å². The summed E-state index contributed by atoms with van der Waals surface area (Å²) >= 11 is 0. The minimum Gasteiger partial charge on any atom is -0.491 e. The zero-order chi connectivity index (χ0) is 18.7. The Balaban J connectivity index is 1.79. The summed E-state index contributed by atoms with van der Waals surface area (Å²) in [5.74, 6) is 0.719. The summed E-state index contributed by atoms with van der Waals surface area (Å²) in [6.45, 7) is 3.72. The van der Waals surface area contributed by atoms with Gasteiger partial charge >= 0.3 is 5.69 Å². The van der Waals surface area contributed by atoms with Crippen LogP contribution >= 0.6 is 0 Å². The lowest BCUT2D eigenvalue weighted by Crippen LogP contribution is -2.33. The first-order chi connectivity index (χ1) is 12.5. The molecule has 26 heavy (non-hydrogen) atoms. The first-order valence-electron chi connectivity index (χ1n) is 8.19. The van der Waals surface area contributed by atoms with Crippen LogP contribution in [-0.4, -0.2) is 28.3 Å². The molecule has 0 saturated carbocycles. The van der Waals surface area contributed by atoms with Crippen molar-refractivity contribution < 1.29 is 9.47 Å². The van der Waals surface area contributed by atoms with Crippen molar-refractivity contribution in [3.63, 3.8) is 0 Å². The summed E-state index contributed by atoms with van der Waals surface area (Å²) in [5.41, 5.74) is 9.19. The molecule has 9 nitrogen and oxygen atoms in total. The van der Waals surface area contributed by atoms with E-state index in [9.17, 15) is 9.59 Å². The highest BCUT2D eigenvalue weighted by molar-refractivity contribution is 5.31. The lowest BCUT2D eigenvalue weighted by atomic mass is 10.1. The van der Waals surface area contributed by atoms with E-state index in [1.807, 2.05) is 31.2 Å². The van der Waals surface area contributed by atoms with E-state index in [1.54, 1.807) is 6.92 Å². The molecule has 0 bridgehead atoms. The van der Waals surface area contributed by atoms with Crippen LogP contribution < -0.4 is 16.0 Å². The third-order valence-corrected chi connectivity index (χ3v) is 4.36. The average Bonchev–Trinajstić information content (AvgIpc) is 3.00. The van der Waals surface area contributed by atoms with E-state index in [2.05, 4.69) is 15.0 Å². The van der Waals surface area contributed by atoms with E-state index in [1.165, 1.54) is 10.8 Å². The Bertz CT molecular complexity index is 960. The molecule has 0 spiro atoms. The fourth-order valence-corrected chi connectivity index (χ4v) is 2.91. The van der Waals surface area contributed by atoms with Gasteiger partial charge in [0, 0.05) is 23.1 Å². The molecule has 3 atom stereocenters. The van der Waals surface area contributed by atoms with Gasteiger partial charge in [-0.15, -0.1) is 0 Å². The lowest BCUT2D eigenvalue weighted by molar-refractivity contribution is -0.0225. The van der Waals surface area contributed by atoms with Gasteiger partial charge in [0.2, 0.25) is 0 Å². The number of rotatable bonds is 5. The second kappa shape index (κ2) is 7.47. The van der Waals surface area contributed by atoms with Gasteiger partial charge in [-0.05, 0) is 31.0 Å². The van der Waals surface area contributed by atoms with Crippen LogP contribution in [0.1, 0.15) is 23.8 Å². The van der Waals surface area contributed by atoms with Gasteiger partial charge in [-0.25, -0.2) is 4.79 Å². The molecule has 3 rings (SSSR count). The number of aromatic nitrogens is 2. The van der Waals surface area contributed by atoms with Crippen molar-refractivity contribution in [2.24, 2.45) is 5.11 Å². The number of nitrogens with zero attached hydrogens (tertiary/aromatic N) is 4. The SMILES string of the molecule is Cc1ccccc1OC[C@H]1O[C@@H](n2cc(C)c(=O)[nH]c2=O)C[C@@H]1N=[N+]=[N-]. The summed E-state index contributed by atoms with van der Waals surface area (Å²) in [7, 11) is 0. The van der Waals surface area contributed by atoms with Crippen LogP contribution in [0.15, 0.2) is 45.2 Å². The number of aromatic amines is 1. The molecule has 9 heteroatoms. The van der Waals surface area contributed by atoms with Crippen molar-refractivity contribution >= 4 is 0 Å². The molecule has 1 aromatic heterocycles. The maximum Gasteiger partial charge on any atom is 0.330 e. The molecule has 2 aromatic rings. The van der Waals surface area contributed by atoms with E-state index < -0.39 is 29.6 Å². The summed E-state index contributed by atoms with van der Waals surface area (Å²) < 4.78 is 13.0. The zero-order valence-corrected chi connectivity index (χ0v) is 14.5. The molecule has 1 aliphatic heterocycles. The van der Waals surface area contributed by atoms with Crippen LogP contribution in [0.2, 0.25) is 0 Å². The van der Waals surface area contributed by atoms with E-state index in [0.717, 1.165) is 11.3 Å². The molecule has 2 heterocycles. The van der Waals surface area contributed by atoms with Gasteiger partial charge in [-0.2, -0.15) is 0 Å². The number of benzene rings is 1. The summed E-state index contributed by atoms with van der Waals surface area (Å²) in [6, 6.07) is 7.08. The average molecular weight is 357 g/mol. The van der Waals surface area contributed by atoms with Crippen LogP contribution in [0, 0.1) is 13.8 Å². The zero-order valence-electron chi connectivity index (χ0n) is 14.5. The standard InChI is InChI=1S/C17H19N5O4/c1-10-5-3-4-6-13(10)25-9-14-12(20-21-18)7-15(26-14)22-8-11(2)16(23)19-17(22)24/h3-6,8,12,14-15H,7,9H2,1-2H3,(H,19,23,24)/t12-,14+,15+/m0/s1. The van der Waals surface area contributed by atoms with E-state index in [0.29, 0.717) is 12.0 Å². The minimum absolute atomic E-state index is 0.183. The third-order valence-electron chi connectivity index (χ3n) is 4.36. The topological polar surface area (TPSA) is 122 Å². The van der Waals surface area contributed by atoms with Gasteiger partial charge in [0.15, 0.2) is 0 Å². The number of nitrogens with one attached hydrogen (secondary N) is 1. The van der Waals surface area contributed by atoms with E-state index in [-0.39, 0.29) is 6.61 Å². The molecule has 1 aliphatic rings. The van der Waals surface area contributed by atoms with Crippen molar-refractivity contribution in [2.75, 3.05) is 6.61 Å². The Morgan fingerprint density at radius 2 is 2.12 bits per heavy atom. The number of H-pyrrole nitrogens is 1. The normalized spacial score (nSPS) is 22.0. The van der Waals surface area contributed by atoms with Crippen molar-refractivity contribution in [1.29, 1.82) is 0 Å². The second-order valence-corrected chi connectivity index (χ2v) is 6.19. The fourth-order valence-electron chi connectivity index (χ4n) is 2.91. The molecule has 1 aromatic carbocycles. The van der Waals surface area contributed by atoms with Gasteiger partial charge in [-0.3, -0.25) is 14.3 Å². The highest BCUT2D eigenvalue weighted by atomic mass is 16.6. The van der Waals surface area contributed by atoms with Crippen LogP contribution in [0.3, 0.4) is 0 Å². The largest absolute Gasteiger partial charge is 0.491 e. The number of azide groups is 1. The maximum absolute atomic E-state index is 12.1. The highest BCUT2D eigenvalue weighted by Crippen LogP contribution is 2.31. The van der Waals surface area contributed by atoms with Gasteiger partial charge in [-0.1, -0.05) is 23.3 Å². The van der Waals surface area contributed by atoms with Gasteiger partial charge in [0.05, 0.1) is 6.04 Å². The van der Waals surface area contributed by atoms with E-state index >= 15 is 0 Å². The van der Waals surface area contributed by atoms with Crippen molar-refractivity contribution in [1.82, 2.24) is 9.55 Å². The van der Waals surface area contributed by atoms with Crippen LogP contribution in [-0.2, 0) is 4.74 Å². The molecule has 0 aliphatic carbocycles. The maximum atomic E-state index is 12.1. The van der Waals surface area contributed by atoms with Gasteiger partial charge in [0.1, 0.15) is 24.7 Å². The Hall–Kier alpha value is -3.03. The number of aryl methyl sites for hydroxylation is 2. The monoisotopic (exact) mass is 357 g/mol. The molecule has 136 valence electrons. The molecule has 0 amide bonds. The number of ether oxygens (including phenoxy) is 2. The first-order valence-corrected chi connectivity index (χ1v) is 8.19. The predicted molar refractivity (Wildman–Crippen MR) is 94.2 cm³/mol. The molecular weight excluding hydrogens is 338 g/mol. The molecule has 0 radical (unpaired) electrons. The minimum atomic E-state index is -0.640. The summed E-state index contributed by atoms with van der Waals surface area (Å²) in [5, 5.41) is 3.77. The highest BCUT2D eigenvalue weighted by Gasteiger charge is 2.36. The Morgan fingerprint density at radius 1 is 1.35 bits per heavy atom. The van der Waals surface area contributed by atoms with Crippen molar-refractivity contribution in [2.45, 2.75) is 38.6 Å². The number of para-hydroxylation sites is 1. The van der Waals surface area contributed by atoms with Crippen molar-refractivity contribution in [3.05, 3.63) is 72.9 Å². The van der Waals surface area contributed by atoms with E-state index in [4.69, 9.17) is 15.0 Å². The fraction of sp³-hybridized carbons (Fsp3) is 0.412. The first kappa shape index (κ1) is 17.8. The van der Waals surface area contributed by atoms with Crippen LogP contribution in [0.4, 0.5) is 0 Å². The summed E-state index contributed by atoms with van der Waals surface area (Å²) in [6.07, 6.45) is 0.620. The second-order valence-electron chi connectivity index (χ2n) is 6.19. The lowest BCUT2D eigenvalue weighted by Gasteiger charge is -2.18. The summed E-state index contributed by atoms with van der Waals surface area (Å²) in [4.78, 5) is 28.7. The Morgan fingerprint density at radius 3 is 2.85 bits per heavy atom. The van der Waals surface area contributed by atoms with Crippen LogP contribution in [0.5, 0.6) is 5.75 Å². The smallest absolute Gasteiger partial charge is 0.330 e. The van der Waals surface area contributed by atoms with Gasteiger partial charge in [0.25, 0.3) is 5.56 Å². The number of hydrogen-bond donors (Lipinski definition) is 1.